The lowest BCUT2D eigenvalue weighted by Crippen LogP contribution is -2.49. The number of amides is 7. The topological polar surface area (TPSA) is 239 Å². The first-order chi connectivity index (χ1) is 19.0. The first-order valence-electron chi connectivity index (χ1n) is 12.5. The minimum absolute atomic E-state index is 0.0458. The zero-order valence-electron chi connectivity index (χ0n) is 22.7. The number of benzene rings is 1. The number of ether oxygens (including phenoxy) is 1. The second-order valence-corrected chi connectivity index (χ2v) is 8.58. The Kier molecular flexibility index (Phi) is 15.7. The van der Waals surface area contributed by atoms with E-state index in [-0.39, 0.29) is 32.7 Å². The van der Waals surface area contributed by atoms with Gasteiger partial charge in [0.1, 0.15) is 12.6 Å². The van der Waals surface area contributed by atoms with E-state index in [0.29, 0.717) is 30.8 Å². The molecule has 1 aromatic rings. The van der Waals surface area contributed by atoms with E-state index in [1.165, 1.54) is 4.90 Å². The van der Waals surface area contributed by atoms with Crippen molar-refractivity contribution in [3.8, 4) is 0 Å². The molecule has 10 N–H and O–H groups in total. The number of anilines is 1. The van der Waals surface area contributed by atoms with Crippen LogP contribution in [0.4, 0.5) is 15.3 Å². The molecule has 7 amide bonds. The zero-order chi connectivity index (χ0) is 29.9. The van der Waals surface area contributed by atoms with Crippen molar-refractivity contribution < 1.29 is 33.5 Å². The smallest absolute Gasteiger partial charge is 0.409 e. The van der Waals surface area contributed by atoms with Crippen molar-refractivity contribution in [1.82, 2.24) is 31.5 Å². The predicted molar refractivity (Wildman–Crippen MR) is 146 cm³/mol. The van der Waals surface area contributed by atoms with E-state index in [2.05, 4.69) is 31.9 Å². The quantitative estimate of drug-likeness (QED) is 0.0933. The van der Waals surface area contributed by atoms with Crippen LogP contribution in [0.5, 0.6) is 0 Å². The standard InChI is InChI=1S/C24H39N9O7/c1-27-10-11-33(2)24(39)40-15-16-5-7-17(8-6-16)31-22(37)18(4-3-9-28-23(26)38)32-21(36)14-30-20(35)13-29-19(34)12-25/h5-8,18,27H,3-4,9-15,25H2,1-2H3,(H,29,34)(H,30,35)(H,31,37)(H,32,36)(H3,26,28,38). The van der Waals surface area contributed by atoms with Crippen LogP contribution in [0.25, 0.3) is 0 Å². The van der Waals surface area contributed by atoms with Gasteiger partial charge in [-0.25, -0.2) is 9.59 Å². The molecule has 0 heterocycles. The van der Waals surface area contributed by atoms with Crippen LogP contribution in [0.1, 0.15) is 18.4 Å². The Morgan fingerprint density at radius 1 is 0.925 bits per heavy atom. The van der Waals surface area contributed by atoms with Crippen LogP contribution >= 0.6 is 0 Å². The Morgan fingerprint density at radius 3 is 2.20 bits per heavy atom. The van der Waals surface area contributed by atoms with Gasteiger partial charge in [-0.15, -0.1) is 0 Å². The number of rotatable bonds is 17. The van der Waals surface area contributed by atoms with Gasteiger partial charge in [0.2, 0.25) is 23.6 Å². The summed E-state index contributed by atoms with van der Waals surface area (Å²) in [5.74, 6) is -2.31. The van der Waals surface area contributed by atoms with Crippen LogP contribution in [-0.2, 0) is 30.5 Å². The van der Waals surface area contributed by atoms with E-state index in [1.807, 2.05) is 0 Å². The van der Waals surface area contributed by atoms with Crippen molar-refractivity contribution in [2.75, 3.05) is 58.7 Å². The number of primary amides is 1. The summed E-state index contributed by atoms with van der Waals surface area (Å²) in [6, 6.07) is 4.89. The maximum Gasteiger partial charge on any atom is 0.409 e. The third kappa shape index (κ3) is 14.5. The molecule has 1 rings (SSSR count). The Hall–Kier alpha value is -4.44. The molecule has 16 nitrogen and oxygen atoms in total. The minimum atomic E-state index is -0.996. The molecule has 1 unspecified atom stereocenters. The molecule has 0 aliphatic rings. The fourth-order valence-corrected chi connectivity index (χ4v) is 3.06. The third-order valence-corrected chi connectivity index (χ3v) is 5.29. The monoisotopic (exact) mass is 565 g/mol. The highest BCUT2D eigenvalue weighted by atomic mass is 16.6. The number of hydrogen-bond acceptors (Lipinski definition) is 9. The normalized spacial score (nSPS) is 11.0. The van der Waals surface area contributed by atoms with E-state index in [9.17, 15) is 28.8 Å². The zero-order valence-corrected chi connectivity index (χ0v) is 22.7. The summed E-state index contributed by atoms with van der Waals surface area (Å²) in [5.41, 5.74) is 11.3. The summed E-state index contributed by atoms with van der Waals surface area (Å²) in [6.45, 7) is 0.295. The summed E-state index contributed by atoms with van der Waals surface area (Å²) < 4.78 is 5.26. The first-order valence-corrected chi connectivity index (χ1v) is 12.5. The number of carbonyl (C=O) groups is 6. The van der Waals surface area contributed by atoms with Crippen molar-refractivity contribution in [3.05, 3.63) is 29.8 Å². The fraction of sp³-hybridized carbons (Fsp3) is 0.500. The number of urea groups is 1. The lowest BCUT2D eigenvalue weighted by Gasteiger charge is -2.19. The molecule has 1 atom stereocenters. The SMILES string of the molecule is CNCCN(C)C(=O)OCc1ccc(NC(=O)C(CCCNC(N)=O)NC(=O)CNC(=O)CNC(=O)CN)cc1. The lowest BCUT2D eigenvalue weighted by molar-refractivity contribution is -0.128. The van der Waals surface area contributed by atoms with Crippen molar-refractivity contribution in [2.24, 2.45) is 11.5 Å². The van der Waals surface area contributed by atoms with Gasteiger partial charge in [-0.05, 0) is 37.6 Å². The molecule has 0 saturated heterocycles. The van der Waals surface area contributed by atoms with E-state index in [4.69, 9.17) is 16.2 Å². The van der Waals surface area contributed by atoms with Gasteiger partial charge in [-0.2, -0.15) is 0 Å². The summed E-state index contributed by atoms with van der Waals surface area (Å²) >= 11 is 0. The molecular weight excluding hydrogens is 526 g/mol. The highest BCUT2D eigenvalue weighted by Gasteiger charge is 2.21. The third-order valence-electron chi connectivity index (χ3n) is 5.29. The maximum absolute atomic E-state index is 12.9. The molecule has 1 aromatic carbocycles. The van der Waals surface area contributed by atoms with Crippen LogP contribution in [-0.4, -0.2) is 100 Å². The van der Waals surface area contributed by atoms with Gasteiger partial charge in [-0.1, -0.05) is 12.1 Å². The highest BCUT2D eigenvalue weighted by molar-refractivity contribution is 5.98. The second-order valence-electron chi connectivity index (χ2n) is 8.58. The molecule has 222 valence electrons. The Morgan fingerprint density at radius 2 is 1.57 bits per heavy atom. The van der Waals surface area contributed by atoms with Crippen LogP contribution < -0.4 is 43.4 Å². The molecule has 0 fully saturated rings. The van der Waals surface area contributed by atoms with Gasteiger partial charge in [0.05, 0.1) is 19.6 Å². The Labute approximate surface area is 232 Å². The Balaban J connectivity index is 2.67. The molecule has 0 aliphatic carbocycles. The number of likely N-dealkylation sites (N-methyl/N-ethyl adjacent to an activating group) is 2. The average molecular weight is 566 g/mol. The van der Waals surface area contributed by atoms with Gasteiger partial charge < -0.3 is 53.0 Å². The van der Waals surface area contributed by atoms with Gasteiger partial charge in [0.15, 0.2) is 0 Å². The summed E-state index contributed by atoms with van der Waals surface area (Å²) in [7, 11) is 3.42. The number of nitrogens with two attached hydrogens (primary N) is 2. The maximum atomic E-state index is 12.9. The molecule has 0 radical (unpaired) electrons. The number of nitrogens with one attached hydrogen (secondary N) is 6. The van der Waals surface area contributed by atoms with E-state index in [1.54, 1.807) is 38.4 Å². The summed E-state index contributed by atoms with van der Waals surface area (Å²) in [4.78, 5) is 72.6. The van der Waals surface area contributed by atoms with Gasteiger partial charge in [0.25, 0.3) is 0 Å². The largest absolute Gasteiger partial charge is 0.445 e. The Bertz CT molecular complexity index is 1000. The number of carbonyl (C=O) groups excluding carboxylic acids is 6. The minimum Gasteiger partial charge on any atom is -0.445 e. The van der Waals surface area contributed by atoms with Crippen LogP contribution in [0.2, 0.25) is 0 Å². The molecule has 0 spiro atoms. The van der Waals surface area contributed by atoms with Crippen LogP contribution in [0.15, 0.2) is 24.3 Å². The van der Waals surface area contributed by atoms with Crippen molar-refractivity contribution in [1.29, 1.82) is 0 Å². The van der Waals surface area contributed by atoms with E-state index >= 15 is 0 Å². The van der Waals surface area contributed by atoms with E-state index < -0.39 is 48.3 Å². The number of hydrogen-bond donors (Lipinski definition) is 8. The first kappa shape index (κ1) is 33.6. The van der Waals surface area contributed by atoms with Crippen LogP contribution in [0, 0.1) is 0 Å². The number of nitrogens with zero attached hydrogens (tertiary/aromatic N) is 1. The molecule has 0 aromatic heterocycles. The second kappa shape index (κ2) is 18.8. The molecule has 16 heteroatoms. The van der Waals surface area contributed by atoms with E-state index in [0.717, 1.165) is 0 Å². The summed E-state index contributed by atoms with van der Waals surface area (Å²) in [6.07, 6.45) is 0.0211. The molecule has 0 bridgehead atoms. The molecule has 40 heavy (non-hydrogen) atoms. The predicted octanol–water partition coefficient (Wildman–Crippen LogP) is -2.46. The van der Waals surface area contributed by atoms with Crippen molar-refractivity contribution in [3.63, 3.8) is 0 Å². The van der Waals surface area contributed by atoms with Gasteiger partial charge in [-0.3, -0.25) is 19.2 Å². The van der Waals surface area contributed by atoms with Crippen molar-refractivity contribution >= 4 is 41.4 Å². The molecular formula is C24H39N9O7. The van der Waals surface area contributed by atoms with Gasteiger partial charge in [0, 0.05) is 32.4 Å². The molecule has 0 aliphatic heterocycles. The fourth-order valence-electron chi connectivity index (χ4n) is 3.06. The van der Waals surface area contributed by atoms with Gasteiger partial charge >= 0.3 is 12.1 Å². The highest BCUT2D eigenvalue weighted by Crippen LogP contribution is 2.12. The summed E-state index contributed by atoms with van der Waals surface area (Å²) in [5, 5.41) is 15.2. The molecule has 0 saturated carbocycles. The van der Waals surface area contributed by atoms with Crippen molar-refractivity contribution in [2.45, 2.75) is 25.5 Å². The lowest BCUT2D eigenvalue weighted by atomic mass is 10.1. The van der Waals surface area contributed by atoms with Crippen LogP contribution in [0.3, 0.4) is 0 Å². The average Bonchev–Trinajstić information content (AvgIpc) is 2.94.